The molecule has 1 aromatic rings. The maximum atomic E-state index is 8.67. The molecule has 0 aliphatic heterocycles. The fourth-order valence-corrected chi connectivity index (χ4v) is 1.14. The molecule has 0 saturated carbocycles. The molecule has 0 aliphatic carbocycles. The molecule has 1 rings (SSSR count). The van der Waals surface area contributed by atoms with Crippen LogP contribution in [0.2, 0.25) is 0 Å². The van der Waals surface area contributed by atoms with Gasteiger partial charge in [-0.25, -0.2) is 0 Å². The van der Waals surface area contributed by atoms with Gasteiger partial charge in [0.25, 0.3) is 0 Å². The first-order valence-corrected chi connectivity index (χ1v) is 5.75. The smallest absolute Gasteiger partial charge is 0.0585 e. The quantitative estimate of drug-likeness (QED) is 0.708. The first-order valence-electron chi connectivity index (χ1n) is 5.75. The molecule has 0 aliphatic rings. The Balaban J connectivity index is 0.000000385. The van der Waals surface area contributed by atoms with Crippen molar-refractivity contribution in [3.63, 3.8) is 0 Å². The summed E-state index contributed by atoms with van der Waals surface area (Å²) < 4.78 is 0. The second-order valence-corrected chi connectivity index (χ2v) is 3.71. The van der Waals surface area contributed by atoms with Crippen molar-refractivity contribution in [2.45, 2.75) is 32.2 Å². The molecule has 4 N–H and O–H groups in total. The molecule has 0 bridgehead atoms. The van der Waals surface area contributed by atoms with Crippen molar-refractivity contribution in [3.8, 4) is 0 Å². The third kappa shape index (κ3) is 8.41. The first-order chi connectivity index (χ1) is 7.74. The zero-order valence-corrected chi connectivity index (χ0v) is 9.97. The molecule has 0 spiro atoms. The molecular formula is C13H23NO2. The summed E-state index contributed by atoms with van der Waals surface area (Å²) in [6.07, 6.45) is 2.79. The van der Waals surface area contributed by atoms with Crippen molar-refractivity contribution in [3.05, 3.63) is 35.9 Å². The minimum absolute atomic E-state index is 0.0505. The third-order valence-corrected chi connectivity index (χ3v) is 2.09. The van der Waals surface area contributed by atoms with E-state index >= 15 is 0 Å². The van der Waals surface area contributed by atoms with Gasteiger partial charge in [0, 0.05) is 12.6 Å². The average molecular weight is 225 g/mol. The van der Waals surface area contributed by atoms with Gasteiger partial charge in [-0.05, 0) is 18.4 Å². The number of rotatable bonds is 5. The van der Waals surface area contributed by atoms with Crippen molar-refractivity contribution in [1.82, 2.24) is 0 Å². The number of hydrogen-bond donors (Lipinski definition) is 3. The largest absolute Gasteiger partial charge is 0.396 e. The van der Waals surface area contributed by atoms with Gasteiger partial charge in [0.1, 0.15) is 0 Å². The van der Waals surface area contributed by atoms with E-state index in [1.165, 1.54) is 5.56 Å². The van der Waals surface area contributed by atoms with Crippen LogP contribution in [-0.2, 0) is 6.42 Å². The maximum Gasteiger partial charge on any atom is 0.0585 e. The van der Waals surface area contributed by atoms with Gasteiger partial charge in [0.2, 0.25) is 0 Å². The summed E-state index contributed by atoms with van der Waals surface area (Å²) in [6.45, 7) is 2.45. The fraction of sp³-hybridized carbons (Fsp3) is 0.538. The molecule has 1 unspecified atom stereocenters. The number of nitrogens with two attached hydrogens (primary N) is 1. The average Bonchev–Trinajstić information content (AvgIpc) is 2.32. The molecule has 16 heavy (non-hydrogen) atoms. The summed E-state index contributed by atoms with van der Waals surface area (Å²) in [5.41, 5.74) is 6.73. The van der Waals surface area contributed by atoms with Crippen LogP contribution in [0.25, 0.3) is 0 Å². The van der Waals surface area contributed by atoms with Gasteiger partial charge < -0.3 is 15.9 Å². The van der Waals surface area contributed by atoms with Gasteiger partial charge >= 0.3 is 0 Å². The second kappa shape index (κ2) is 10.6. The van der Waals surface area contributed by atoms with Gasteiger partial charge in [-0.15, -0.1) is 0 Å². The van der Waals surface area contributed by atoms with Gasteiger partial charge in [0.05, 0.1) is 6.61 Å². The van der Waals surface area contributed by atoms with Gasteiger partial charge in [-0.3, -0.25) is 0 Å². The van der Waals surface area contributed by atoms with Crippen LogP contribution in [-0.4, -0.2) is 29.5 Å². The van der Waals surface area contributed by atoms with E-state index in [0.29, 0.717) is 6.61 Å². The van der Waals surface area contributed by atoms with E-state index in [1.807, 2.05) is 30.3 Å². The molecule has 1 aromatic carbocycles. The lowest BCUT2D eigenvalue weighted by atomic mass is 10.1. The van der Waals surface area contributed by atoms with Crippen molar-refractivity contribution in [2.75, 3.05) is 13.2 Å². The summed E-state index contributed by atoms with van der Waals surface area (Å²) in [4.78, 5) is 0. The maximum absolute atomic E-state index is 8.67. The SMILES string of the molecule is CCCCO.NC(CO)Cc1ccccc1. The Morgan fingerprint density at radius 1 is 1.19 bits per heavy atom. The number of hydrogen-bond acceptors (Lipinski definition) is 3. The fourth-order valence-electron chi connectivity index (χ4n) is 1.14. The summed E-state index contributed by atoms with van der Waals surface area (Å²) in [6, 6.07) is 9.80. The zero-order valence-electron chi connectivity index (χ0n) is 9.97. The molecule has 0 amide bonds. The van der Waals surface area contributed by atoms with Crippen molar-refractivity contribution in [2.24, 2.45) is 5.73 Å². The lowest BCUT2D eigenvalue weighted by molar-refractivity contribution is 0.265. The molecule has 92 valence electrons. The molecule has 0 heterocycles. The molecule has 0 fully saturated rings. The Morgan fingerprint density at radius 2 is 1.81 bits per heavy atom. The lowest BCUT2D eigenvalue weighted by Crippen LogP contribution is -2.26. The first kappa shape index (κ1) is 15.1. The van der Waals surface area contributed by atoms with Crippen LogP contribution in [0, 0.1) is 0 Å². The van der Waals surface area contributed by atoms with Gasteiger partial charge in [0.15, 0.2) is 0 Å². The van der Waals surface area contributed by atoms with Crippen LogP contribution in [0.5, 0.6) is 0 Å². The van der Waals surface area contributed by atoms with Crippen LogP contribution in [0.3, 0.4) is 0 Å². The van der Waals surface area contributed by atoms with E-state index in [4.69, 9.17) is 15.9 Å². The topological polar surface area (TPSA) is 66.5 Å². The van der Waals surface area contributed by atoms with Crippen LogP contribution in [0.4, 0.5) is 0 Å². The van der Waals surface area contributed by atoms with Crippen LogP contribution in [0.15, 0.2) is 30.3 Å². The highest BCUT2D eigenvalue weighted by Gasteiger charge is 1.99. The van der Waals surface area contributed by atoms with Crippen molar-refractivity contribution in [1.29, 1.82) is 0 Å². The Hall–Kier alpha value is -0.900. The van der Waals surface area contributed by atoms with E-state index in [1.54, 1.807) is 0 Å². The van der Waals surface area contributed by atoms with Gasteiger partial charge in [-0.1, -0.05) is 43.7 Å². The predicted octanol–water partition coefficient (Wildman–Crippen LogP) is 1.33. The van der Waals surface area contributed by atoms with Crippen molar-refractivity contribution >= 4 is 0 Å². The highest BCUT2D eigenvalue weighted by Crippen LogP contribution is 2.00. The predicted molar refractivity (Wildman–Crippen MR) is 67.2 cm³/mol. The minimum atomic E-state index is -0.127. The van der Waals surface area contributed by atoms with Crippen LogP contribution in [0.1, 0.15) is 25.3 Å². The number of aliphatic hydroxyl groups excluding tert-OH is 2. The summed E-state index contributed by atoms with van der Waals surface area (Å²) in [7, 11) is 0. The van der Waals surface area contributed by atoms with Crippen molar-refractivity contribution < 1.29 is 10.2 Å². The molecule has 0 saturated heterocycles. The Bertz CT molecular complexity index is 237. The number of unbranched alkanes of at least 4 members (excludes halogenated alkanes) is 1. The minimum Gasteiger partial charge on any atom is -0.396 e. The molecule has 0 radical (unpaired) electrons. The third-order valence-electron chi connectivity index (χ3n) is 2.09. The van der Waals surface area contributed by atoms with Crippen LogP contribution >= 0.6 is 0 Å². The van der Waals surface area contributed by atoms with E-state index in [0.717, 1.165) is 19.3 Å². The number of benzene rings is 1. The number of aliphatic hydroxyl groups is 2. The standard InChI is InChI=1S/C9H13NO.C4H10O/c10-9(7-11)6-8-4-2-1-3-5-8;1-2-3-4-5/h1-5,9,11H,6-7,10H2;5H,2-4H2,1H3. The highest BCUT2D eigenvalue weighted by atomic mass is 16.3. The Morgan fingerprint density at radius 3 is 2.19 bits per heavy atom. The van der Waals surface area contributed by atoms with E-state index < -0.39 is 0 Å². The molecule has 3 nitrogen and oxygen atoms in total. The van der Waals surface area contributed by atoms with Crippen LogP contribution < -0.4 is 5.73 Å². The summed E-state index contributed by atoms with van der Waals surface area (Å²) in [5, 5.41) is 16.7. The molecule has 1 atom stereocenters. The lowest BCUT2D eigenvalue weighted by Gasteiger charge is -2.06. The Labute approximate surface area is 97.9 Å². The highest BCUT2D eigenvalue weighted by molar-refractivity contribution is 5.15. The zero-order chi connectivity index (χ0) is 12.2. The summed E-state index contributed by atoms with van der Waals surface area (Å²) >= 11 is 0. The van der Waals surface area contributed by atoms with Gasteiger partial charge in [-0.2, -0.15) is 0 Å². The normalized spacial score (nSPS) is 11.5. The second-order valence-electron chi connectivity index (χ2n) is 3.71. The van der Waals surface area contributed by atoms with E-state index in [-0.39, 0.29) is 12.6 Å². The summed E-state index contributed by atoms with van der Waals surface area (Å²) in [5.74, 6) is 0. The van der Waals surface area contributed by atoms with E-state index in [2.05, 4.69) is 6.92 Å². The molecular weight excluding hydrogens is 202 g/mol. The van der Waals surface area contributed by atoms with E-state index in [9.17, 15) is 0 Å². The Kier molecular flexibility index (Phi) is 10.0. The molecule has 3 heteroatoms. The molecule has 0 aromatic heterocycles. The monoisotopic (exact) mass is 225 g/mol.